The van der Waals surface area contributed by atoms with Gasteiger partial charge < -0.3 is 14.2 Å². The molecule has 214 valence electrons. The minimum Gasteiger partial charge on any atom is -0.485 e. The van der Waals surface area contributed by atoms with Crippen LogP contribution in [0.3, 0.4) is 0 Å². The van der Waals surface area contributed by atoms with Gasteiger partial charge in [0.15, 0.2) is 10.6 Å². The highest BCUT2D eigenvalue weighted by Gasteiger charge is 2.40. The summed E-state index contributed by atoms with van der Waals surface area (Å²) in [5, 5.41) is 0. The van der Waals surface area contributed by atoms with Crippen molar-refractivity contribution in [2.24, 2.45) is 0 Å². The average Bonchev–Trinajstić information content (AvgIpc) is 3.07. The fourth-order valence-corrected chi connectivity index (χ4v) is 6.81. The molecule has 0 fully saturated rings. The van der Waals surface area contributed by atoms with E-state index in [-0.39, 0.29) is 35.0 Å². The van der Waals surface area contributed by atoms with Crippen LogP contribution in [-0.2, 0) is 26.8 Å². The zero-order valence-corrected chi connectivity index (χ0v) is 24.8. The van der Waals surface area contributed by atoms with Crippen molar-refractivity contribution in [3.05, 3.63) is 120 Å². The molecule has 0 aromatic heterocycles. The van der Waals surface area contributed by atoms with Gasteiger partial charge in [-0.2, -0.15) is 4.31 Å². The van der Waals surface area contributed by atoms with E-state index >= 15 is 0 Å². The molecule has 4 aromatic carbocycles. The minimum absolute atomic E-state index is 0.00872. The van der Waals surface area contributed by atoms with Crippen LogP contribution in [0.2, 0.25) is 0 Å². The molecule has 0 spiro atoms. The van der Waals surface area contributed by atoms with Crippen molar-refractivity contribution in [1.29, 1.82) is 0 Å². The zero-order chi connectivity index (χ0) is 29.0. The largest absolute Gasteiger partial charge is 0.485 e. The molecule has 2 atom stereocenters. The molecule has 0 radical (unpaired) electrons. The predicted molar refractivity (Wildman–Crippen MR) is 161 cm³/mol. The van der Waals surface area contributed by atoms with E-state index in [0.29, 0.717) is 12.4 Å². The van der Waals surface area contributed by atoms with Gasteiger partial charge in [0.05, 0.1) is 19.8 Å². The van der Waals surface area contributed by atoms with Crippen LogP contribution in [0.15, 0.2) is 108 Å². The van der Waals surface area contributed by atoms with Crippen LogP contribution < -0.4 is 9.47 Å². The molecule has 0 unspecified atom stereocenters. The zero-order valence-electron chi connectivity index (χ0n) is 24.0. The van der Waals surface area contributed by atoms with E-state index in [1.807, 2.05) is 91.9 Å². The van der Waals surface area contributed by atoms with E-state index in [2.05, 4.69) is 20.8 Å². The molecule has 4 aromatic rings. The SMILES string of the molecule is C[C@H](c1ccccc1)N1C[C@@H](COCc2ccccc2)Oc2cccc(Oc3ccc(C(C)(C)C)cc3)c2S1(=O)=O. The number of sulfonamides is 1. The molecule has 1 aliphatic heterocycles. The molecule has 6 nitrogen and oxygen atoms in total. The number of hydrogen-bond donors (Lipinski definition) is 0. The lowest BCUT2D eigenvalue weighted by atomic mass is 9.87. The summed E-state index contributed by atoms with van der Waals surface area (Å²) < 4.78 is 48.9. The first-order valence-corrected chi connectivity index (χ1v) is 15.3. The van der Waals surface area contributed by atoms with E-state index in [1.54, 1.807) is 18.2 Å². The molecule has 0 saturated heterocycles. The molecule has 0 bridgehead atoms. The maximum Gasteiger partial charge on any atom is 0.251 e. The Morgan fingerprint density at radius 2 is 1.54 bits per heavy atom. The highest BCUT2D eigenvalue weighted by Crippen LogP contribution is 2.42. The Morgan fingerprint density at radius 1 is 0.878 bits per heavy atom. The Morgan fingerprint density at radius 3 is 2.20 bits per heavy atom. The number of ether oxygens (including phenoxy) is 3. The minimum atomic E-state index is -4.03. The Bertz CT molecular complexity index is 1550. The molecule has 0 amide bonds. The Hall–Kier alpha value is -3.65. The number of rotatable bonds is 8. The maximum atomic E-state index is 14.4. The standard InChI is InChI=1S/C34H37NO5S/c1-25(27-14-9-6-10-15-27)35-22-30(24-38-23-26-12-7-5-8-13-26)40-32-17-11-16-31(33(32)41(35,36)37)39-29-20-18-28(19-21-29)34(2,3)4/h5-21,25,30H,22-24H2,1-4H3/t25-,30+/m1/s1. The molecule has 0 N–H and O–H groups in total. The summed E-state index contributed by atoms with van der Waals surface area (Å²) in [7, 11) is -4.03. The van der Waals surface area contributed by atoms with Crippen LogP contribution in [-0.4, -0.2) is 32.0 Å². The second-order valence-electron chi connectivity index (χ2n) is 11.4. The lowest BCUT2D eigenvalue weighted by Gasteiger charge is -2.29. The monoisotopic (exact) mass is 571 g/mol. The van der Waals surface area contributed by atoms with Gasteiger partial charge in [0.2, 0.25) is 0 Å². The molecule has 1 aliphatic rings. The number of hydrogen-bond acceptors (Lipinski definition) is 5. The highest BCUT2D eigenvalue weighted by molar-refractivity contribution is 7.89. The first kappa shape index (κ1) is 28.9. The third-order valence-electron chi connectivity index (χ3n) is 7.26. The summed E-state index contributed by atoms with van der Waals surface area (Å²) in [6.45, 7) is 9.09. The van der Waals surface area contributed by atoms with Gasteiger partial charge in [-0.25, -0.2) is 8.42 Å². The molecular weight excluding hydrogens is 534 g/mol. The summed E-state index contributed by atoms with van der Waals surface area (Å²) in [4.78, 5) is 0.0215. The maximum absolute atomic E-state index is 14.4. The smallest absolute Gasteiger partial charge is 0.251 e. The van der Waals surface area contributed by atoms with Crippen LogP contribution in [0.1, 0.15) is 50.4 Å². The van der Waals surface area contributed by atoms with Crippen LogP contribution in [0, 0.1) is 0 Å². The van der Waals surface area contributed by atoms with Crippen LogP contribution in [0.4, 0.5) is 0 Å². The van der Waals surface area contributed by atoms with Gasteiger partial charge in [-0.1, -0.05) is 99.6 Å². The first-order chi connectivity index (χ1) is 19.6. The summed E-state index contributed by atoms with van der Waals surface area (Å²) >= 11 is 0. The second kappa shape index (κ2) is 12.1. The fraction of sp³-hybridized carbons (Fsp3) is 0.294. The van der Waals surface area contributed by atoms with Gasteiger partial charge in [-0.3, -0.25) is 0 Å². The van der Waals surface area contributed by atoms with E-state index in [4.69, 9.17) is 14.2 Å². The molecule has 7 heteroatoms. The molecule has 0 aliphatic carbocycles. The van der Waals surface area contributed by atoms with Crippen LogP contribution in [0.5, 0.6) is 17.2 Å². The van der Waals surface area contributed by atoms with Crippen molar-refractivity contribution in [2.45, 2.75) is 56.8 Å². The lowest BCUT2D eigenvalue weighted by molar-refractivity contribution is 0.0313. The molecule has 1 heterocycles. The van der Waals surface area contributed by atoms with Crippen molar-refractivity contribution >= 4 is 10.0 Å². The quantitative estimate of drug-likeness (QED) is 0.219. The van der Waals surface area contributed by atoms with E-state index in [1.165, 1.54) is 4.31 Å². The Kier molecular flexibility index (Phi) is 8.50. The highest BCUT2D eigenvalue weighted by atomic mass is 32.2. The van der Waals surface area contributed by atoms with Gasteiger partial charge in [0, 0.05) is 6.04 Å². The number of benzene rings is 4. The third kappa shape index (κ3) is 6.64. The van der Waals surface area contributed by atoms with Crippen LogP contribution >= 0.6 is 0 Å². The predicted octanol–water partition coefficient (Wildman–Crippen LogP) is 7.51. The second-order valence-corrected chi connectivity index (χ2v) is 13.2. The lowest BCUT2D eigenvalue weighted by Crippen LogP contribution is -2.40. The van der Waals surface area contributed by atoms with Crippen LogP contribution in [0.25, 0.3) is 0 Å². The summed E-state index contributed by atoms with van der Waals surface area (Å²) in [5.74, 6) is 1.03. The Balaban J connectivity index is 1.49. The average molecular weight is 572 g/mol. The van der Waals surface area contributed by atoms with Gasteiger partial charge >= 0.3 is 0 Å². The van der Waals surface area contributed by atoms with E-state index < -0.39 is 22.2 Å². The first-order valence-electron chi connectivity index (χ1n) is 13.9. The summed E-state index contributed by atoms with van der Waals surface area (Å²) in [6, 6.07) is 31.9. The van der Waals surface area contributed by atoms with Gasteiger partial charge in [0.1, 0.15) is 17.6 Å². The molecule has 41 heavy (non-hydrogen) atoms. The topological polar surface area (TPSA) is 65.1 Å². The summed E-state index contributed by atoms with van der Waals surface area (Å²) in [6.07, 6.45) is -0.526. The van der Waals surface area contributed by atoms with Crippen molar-refractivity contribution in [3.8, 4) is 17.2 Å². The Labute approximate surface area is 243 Å². The number of nitrogens with zero attached hydrogens (tertiary/aromatic N) is 1. The normalized spacial score (nSPS) is 17.6. The molecular formula is C34H37NO5S. The van der Waals surface area contributed by atoms with E-state index in [0.717, 1.165) is 16.7 Å². The van der Waals surface area contributed by atoms with Crippen molar-refractivity contribution in [3.63, 3.8) is 0 Å². The van der Waals surface area contributed by atoms with Crippen molar-refractivity contribution in [1.82, 2.24) is 4.31 Å². The van der Waals surface area contributed by atoms with Gasteiger partial charge in [-0.15, -0.1) is 0 Å². The summed E-state index contributed by atoms with van der Waals surface area (Å²) in [5.41, 5.74) is 3.08. The fourth-order valence-electron chi connectivity index (χ4n) is 4.94. The van der Waals surface area contributed by atoms with Crippen molar-refractivity contribution < 1.29 is 22.6 Å². The number of fused-ring (bicyclic) bond motifs is 1. The molecule has 0 saturated carbocycles. The third-order valence-corrected chi connectivity index (χ3v) is 9.27. The molecule has 5 rings (SSSR count). The van der Waals surface area contributed by atoms with Gasteiger partial charge in [-0.05, 0) is 53.3 Å². The van der Waals surface area contributed by atoms with Gasteiger partial charge in [0.25, 0.3) is 10.0 Å². The van der Waals surface area contributed by atoms with E-state index in [9.17, 15) is 8.42 Å². The van der Waals surface area contributed by atoms with Crippen molar-refractivity contribution in [2.75, 3.05) is 13.2 Å².